The van der Waals surface area contributed by atoms with Crippen molar-refractivity contribution in [1.82, 2.24) is 0 Å². The Kier molecular flexibility index (Phi) is 4.21. The van der Waals surface area contributed by atoms with Gasteiger partial charge in [-0.2, -0.15) is 0 Å². The fourth-order valence-electron chi connectivity index (χ4n) is 3.19. The molecule has 1 aromatic carbocycles. The molecule has 1 fully saturated rings. The highest BCUT2D eigenvalue weighted by molar-refractivity contribution is 6.33. The maximum absolute atomic E-state index is 10.9. The third-order valence-electron chi connectivity index (χ3n) is 4.52. The molecular formula is C16H22Cl2O. The van der Waals surface area contributed by atoms with Crippen molar-refractivity contribution in [2.75, 3.05) is 0 Å². The molecule has 3 heteroatoms. The monoisotopic (exact) mass is 300 g/mol. The number of rotatable bonds is 2. The van der Waals surface area contributed by atoms with Gasteiger partial charge < -0.3 is 5.11 Å². The average Bonchev–Trinajstić information content (AvgIpc) is 2.30. The lowest BCUT2D eigenvalue weighted by Gasteiger charge is -2.45. The summed E-state index contributed by atoms with van der Waals surface area (Å²) < 4.78 is 0. The molecule has 1 aliphatic rings. The maximum Gasteiger partial charge on any atom is 0.0714 e. The molecule has 0 bridgehead atoms. The van der Waals surface area contributed by atoms with Gasteiger partial charge in [-0.1, -0.05) is 44.0 Å². The molecule has 0 radical (unpaired) electrons. The Morgan fingerprint density at radius 2 is 1.95 bits per heavy atom. The van der Waals surface area contributed by atoms with E-state index in [-0.39, 0.29) is 5.92 Å². The Balaban J connectivity index is 2.20. The second kappa shape index (κ2) is 5.27. The zero-order valence-corrected chi connectivity index (χ0v) is 13.4. The molecule has 19 heavy (non-hydrogen) atoms. The van der Waals surface area contributed by atoms with Crippen LogP contribution < -0.4 is 0 Å². The van der Waals surface area contributed by atoms with Crippen molar-refractivity contribution >= 4 is 23.2 Å². The number of benzene rings is 1. The number of aliphatic hydroxyl groups is 1. The van der Waals surface area contributed by atoms with E-state index in [1.165, 1.54) is 0 Å². The first-order valence-corrected chi connectivity index (χ1v) is 7.64. The predicted octanol–water partition coefficient (Wildman–Crippen LogP) is 5.11. The van der Waals surface area contributed by atoms with Gasteiger partial charge in [0.2, 0.25) is 0 Å². The molecule has 0 amide bonds. The lowest BCUT2D eigenvalue weighted by atomic mass is 9.64. The average molecular weight is 301 g/mol. The van der Waals surface area contributed by atoms with Crippen LogP contribution in [0.3, 0.4) is 0 Å². The first-order valence-electron chi connectivity index (χ1n) is 6.88. The van der Waals surface area contributed by atoms with E-state index in [1.807, 2.05) is 6.07 Å². The second-order valence-electron chi connectivity index (χ2n) is 6.79. The van der Waals surface area contributed by atoms with E-state index in [0.29, 0.717) is 21.9 Å². The summed E-state index contributed by atoms with van der Waals surface area (Å²) >= 11 is 12.2. The molecule has 106 valence electrons. The van der Waals surface area contributed by atoms with E-state index in [2.05, 4.69) is 20.8 Å². The Bertz CT molecular complexity index is 470. The molecule has 1 aromatic rings. The molecule has 0 spiro atoms. The first-order chi connectivity index (χ1) is 8.72. The summed E-state index contributed by atoms with van der Waals surface area (Å²) in [4.78, 5) is 0. The third-order valence-corrected chi connectivity index (χ3v) is 5.12. The summed E-state index contributed by atoms with van der Waals surface area (Å²) in [6.07, 6.45) is 3.50. The summed E-state index contributed by atoms with van der Waals surface area (Å²) in [7, 11) is 0. The zero-order valence-electron chi connectivity index (χ0n) is 11.8. The molecular weight excluding hydrogens is 279 g/mol. The standard InChI is InChI=1S/C16H22Cl2O/c1-11-9-15(2,3)6-7-16(11,19)10-12-8-13(17)4-5-14(12)18/h4-5,8,11,19H,6-7,9-10H2,1-3H3. The molecule has 0 aromatic heterocycles. The van der Waals surface area contributed by atoms with Crippen LogP contribution in [0.15, 0.2) is 18.2 Å². The molecule has 0 aliphatic heterocycles. The summed E-state index contributed by atoms with van der Waals surface area (Å²) in [5.41, 5.74) is 0.608. The maximum atomic E-state index is 10.9. The minimum Gasteiger partial charge on any atom is -0.389 e. The molecule has 2 rings (SSSR count). The zero-order chi connectivity index (χ0) is 14.3. The van der Waals surface area contributed by atoms with Crippen LogP contribution in [0, 0.1) is 11.3 Å². The predicted molar refractivity (Wildman–Crippen MR) is 81.9 cm³/mol. The van der Waals surface area contributed by atoms with Crippen molar-refractivity contribution in [2.24, 2.45) is 11.3 Å². The number of hydrogen-bond donors (Lipinski definition) is 1. The van der Waals surface area contributed by atoms with Crippen molar-refractivity contribution in [2.45, 2.75) is 52.1 Å². The largest absolute Gasteiger partial charge is 0.389 e. The summed E-state index contributed by atoms with van der Waals surface area (Å²) in [5, 5.41) is 12.3. The van der Waals surface area contributed by atoms with Gasteiger partial charge in [0.25, 0.3) is 0 Å². The van der Waals surface area contributed by atoms with E-state index in [4.69, 9.17) is 23.2 Å². The van der Waals surface area contributed by atoms with Gasteiger partial charge in [0.05, 0.1) is 5.60 Å². The minimum atomic E-state index is -0.663. The Hall–Kier alpha value is -0.240. The molecule has 0 heterocycles. The van der Waals surface area contributed by atoms with Crippen LogP contribution in [-0.2, 0) is 6.42 Å². The normalized spacial score (nSPS) is 30.3. The van der Waals surface area contributed by atoms with Crippen molar-refractivity contribution in [3.63, 3.8) is 0 Å². The van der Waals surface area contributed by atoms with Crippen LogP contribution in [0.25, 0.3) is 0 Å². The van der Waals surface area contributed by atoms with Gasteiger partial charge >= 0.3 is 0 Å². The summed E-state index contributed by atoms with van der Waals surface area (Å²) in [6, 6.07) is 5.46. The van der Waals surface area contributed by atoms with Crippen molar-refractivity contribution in [3.05, 3.63) is 33.8 Å². The topological polar surface area (TPSA) is 20.2 Å². The molecule has 1 N–H and O–H groups in total. The van der Waals surface area contributed by atoms with E-state index in [9.17, 15) is 5.11 Å². The smallest absolute Gasteiger partial charge is 0.0714 e. The lowest BCUT2D eigenvalue weighted by Crippen LogP contribution is -2.45. The highest BCUT2D eigenvalue weighted by Gasteiger charge is 2.42. The van der Waals surface area contributed by atoms with Crippen LogP contribution in [0.4, 0.5) is 0 Å². The quantitative estimate of drug-likeness (QED) is 0.804. The van der Waals surface area contributed by atoms with Crippen LogP contribution >= 0.6 is 23.2 Å². The fraction of sp³-hybridized carbons (Fsp3) is 0.625. The van der Waals surface area contributed by atoms with Gasteiger partial charge in [0.1, 0.15) is 0 Å². The summed E-state index contributed by atoms with van der Waals surface area (Å²) in [6.45, 7) is 6.68. The van der Waals surface area contributed by atoms with Gasteiger partial charge in [-0.05, 0) is 54.4 Å². The van der Waals surface area contributed by atoms with Gasteiger partial charge in [-0.25, -0.2) is 0 Å². The minimum absolute atomic E-state index is 0.270. The summed E-state index contributed by atoms with van der Waals surface area (Å²) in [5.74, 6) is 0.270. The molecule has 1 saturated carbocycles. The van der Waals surface area contributed by atoms with E-state index in [1.54, 1.807) is 12.1 Å². The molecule has 2 atom stereocenters. The van der Waals surface area contributed by atoms with Crippen molar-refractivity contribution in [1.29, 1.82) is 0 Å². The molecule has 2 unspecified atom stereocenters. The number of halogens is 2. The van der Waals surface area contributed by atoms with Crippen LogP contribution in [0.5, 0.6) is 0 Å². The highest BCUT2D eigenvalue weighted by Crippen LogP contribution is 2.45. The highest BCUT2D eigenvalue weighted by atomic mass is 35.5. The second-order valence-corrected chi connectivity index (χ2v) is 7.63. The first kappa shape index (κ1) is 15.2. The van der Waals surface area contributed by atoms with E-state index in [0.717, 1.165) is 24.8 Å². The van der Waals surface area contributed by atoms with Crippen molar-refractivity contribution in [3.8, 4) is 0 Å². The van der Waals surface area contributed by atoms with Crippen LogP contribution in [0.2, 0.25) is 10.0 Å². The van der Waals surface area contributed by atoms with Gasteiger partial charge in [-0.15, -0.1) is 0 Å². The Morgan fingerprint density at radius 3 is 2.58 bits per heavy atom. The SMILES string of the molecule is CC1CC(C)(C)CCC1(O)Cc1cc(Cl)ccc1Cl. The lowest BCUT2D eigenvalue weighted by molar-refractivity contribution is -0.0704. The fourth-order valence-corrected chi connectivity index (χ4v) is 3.57. The van der Waals surface area contributed by atoms with Gasteiger partial charge in [0.15, 0.2) is 0 Å². The Morgan fingerprint density at radius 1 is 1.26 bits per heavy atom. The van der Waals surface area contributed by atoms with Gasteiger partial charge in [0, 0.05) is 16.5 Å². The van der Waals surface area contributed by atoms with E-state index < -0.39 is 5.60 Å². The molecule has 1 nitrogen and oxygen atoms in total. The third kappa shape index (κ3) is 3.45. The molecule has 0 saturated heterocycles. The van der Waals surface area contributed by atoms with Crippen LogP contribution in [0.1, 0.15) is 45.6 Å². The van der Waals surface area contributed by atoms with Crippen molar-refractivity contribution < 1.29 is 5.11 Å². The number of hydrogen-bond acceptors (Lipinski definition) is 1. The molecule has 1 aliphatic carbocycles. The Labute approximate surface area is 125 Å². The van der Waals surface area contributed by atoms with Gasteiger partial charge in [-0.3, -0.25) is 0 Å². The van der Waals surface area contributed by atoms with Crippen LogP contribution in [-0.4, -0.2) is 10.7 Å². The van der Waals surface area contributed by atoms with E-state index >= 15 is 0 Å².